The number of carbonyl (C=O) groups is 1. The number of aromatic amines is 1. The molecule has 0 atom stereocenters. The maximum atomic E-state index is 12.2. The lowest BCUT2D eigenvalue weighted by molar-refractivity contribution is 0.0952. The molecule has 0 fully saturated rings. The number of amides is 1. The molecule has 5 nitrogen and oxygen atoms in total. The Labute approximate surface area is 109 Å². The largest absolute Gasteiger partial charge is 0.347 e. The normalized spacial score (nSPS) is 10.5. The van der Waals surface area contributed by atoms with Crippen molar-refractivity contribution in [1.29, 1.82) is 0 Å². The Morgan fingerprint density at radius 3 is 3.00 bits per heavy atom. The molecule has 19 heavy (non-hydrogen) atoms. The number of nitrogens with zero attached hydrogens (tertiary/aromatic N) is 2. The molecule has 5 heteroatoms. The molecule has 2 heterocycles. The third-order valence-electron chi connectivity index (χ3n) is 2.89. The summed E-state index contributed by atoms with van der Waals surface area (Å²) in [6.45, 7) is 0.426. The highest BCUT2D eigenvalue weighted by Crippen LogP contribution is 2.15. The summed E-state index contributed by atoms with van der Waals surface area (Å²) in [4.78, 5) is 23.3. The van der Waals surface area contributed by atoms with Gasteiger partial charge in [-0.05, 0) is 12.1 Å². The molecular formula is C14H12N4O. The second-order valence-electron chi connectivity index (χ2n) is 4.14. The number of benzene rings is 1. The van der Waals surface area contributed by atoms with E-state index in [-0.39, 0.29) is 5.91 Å². The number of fused-ring (bicyclic) bond motifs is 1. The minimum absolute atomic E-state index is 0.117. The molecule has 0 spiro atoms. The number of carbonyl (C=O) groups excluding carboxylic acids is 1. The number of hydrogen-bond donors (Lipinski definition) is 2. The van der Waals surface area contributed by atoms with E-state index in [1.165, 1.54) is 0 Å². The highest BCUT2D eigenvalue weighted by molar-refractivity contribution is 6.05. The molecule has 0 aliphatic rings. The third-order valence-corrected chi connectivity index (χ3v) is 2.89. The van der Waals surface area contributed by atoms with Gasteiger partial charge < -0.3 is 10.3 Å². The molecule has 0 unspecified atom stereocenters. The van der Waals surface area contributed by atoms with E-state index in [0.29, 0.717) is 12.1 Å². The predicted molar refractivity (Wildman–Crippen MR) is 71.5 cm³/mol. The zero-order chi connectivity index (χ0) is 13.1. The van der Waals surface area contributed by atoms with E-state index in [2.05, 4.69) is 20.3 Å². The molecule has 1 amide bonds. The lowest BCUT2D eigenvalue weighted by Crippen LogP contribution is -2.23. The zero-order valence-electron chi connectivity index (χ0n) is 10.1. The molecule has 0 saturated carbocycles. The maximum absolute atomic E-state index is 12.2. The number of hydrogen-bond acceptors (Lipinski definition) is 3. The summed E-state index contributed by atoms with van der Waals surface area (Å²) in [6.07, 6.45) is 4.92. The number of H-pyrrole nitrogens is 1. The monoisotopic (exact) mass is 252 g/mol. The van der Waals surface area contributed by atoms with Gasteiger partial charge in [0.2, 0.25) is 0 Å². The average Bonchev–Trinajstić information content (AvgIpc) is 2.97. The van der Waals surface area contributed by atoms with E-state index in [1.807, 2.05) is 24.3 Å². The SMILES string of the molecule is O=C(NCc1cnc[nH]1)c1ccnc2ccccc12. The van der Waals surface area contributed by atoms with Gasteiger partial charge >= 0.3 is 0 Å². The van der Waals surface area contributed by atoms with Crippen molar-refractivity contribution in [2.45, 2.75) is 6.54 Å². The van der Waals surface area contributed by atoms with Crippen molar-refractivity contribution in [3.8, 4) is 0 Å². The summed E-state index contributed by atoms with van der Waals surface area (Å²) in [6, 6.07) is 9.32. The number of aromatic nitrogens is 3. The number of rotatable bonds is 3. The van der Waals surface area contributed by atoms with Crippen LogP contribution >= 0.6 is 0 Å². The van der Waals surface area contributed by atoms with Crippen molar-refractivity contribution in [1.82, 2.24) is 20.3 Å². The lowest BCUT2D eigenvalue weighted by Gasteiger charge is -2.06. The van der Waals surface area contributed by atoms with Crippen LogP contribution in [0.15, 0.2) is 49.1 Å². The Kier molecular flexibility index (Phi) is 2.94. The van der Waals surface area contributed by atoms with Crippen LogP contribution in [0.25, 0.3) is 10.9 Å². The fourth-order valence-electron chi connectivity index (χ4n) is 1.95. The Bertz CT molecular complexity index is 701. The van der Waals surface area contributed by atoms with E-state index in [9.17, 15) is 4.79 Å². The molecule has 0 radical (unpaired) electrons. The molecule has 3 rings (SSSR count). The second kappa shape index (κ2) is 4.89. The maximum Gasteiger partial charge on any atom is 0.252 e. The van der Waals surface area contributed by atoms with Crippen molar-refractivity contribution < 1.29 is 4.79 Å². The molecule has 1 aromatic carbocycles. The topological polar surface area (TPSA) is 70.7 Å². The van der Waals surface area contributed by atoms with E-state index >= 15 is 0 Å². The first-order valence-electron chi connectivity index (χ1n) is 5.94. The Hall–Kier alpha value is -2.69. The van der Waals surface area contributed by atoms with Crippen LogP contribution in [0.2, 0.25) is 0 Å². The molecule has 0 aliphatic heterocycles. The number of para-hydroxylation sites is 1. The molecule has 2 N–H and O–H groups in total. The van der Waals surface area contributed by atoms with Crippen LogP contribution in [-0.4, -0.2) is 20.9 Å². The summed E-state index contributed by atoms with van der Waals surface area (Å²) < 4.78 is 0. The van der Waals surface area contributed by atoms with E-state index < -0.39 is 0 Å². The quantitative estimate of drug-likeness (QED) is 0.747. The summed E-state index contributed by atoms with van der Waals surface area (Å²) in [5, 5.41) is 3.71. The summed E-state index contributed by atoms with van der Waals surface area (Å²) in [7, 11) is 0. The Balaban J connectivity index is 1.85. The van der Waals surface area contributed by atoms with Gasteiger partial charge in [0.1, 0.15) is 0 Å². The summed E-state index contributed by atoms with van der Waals surface area (Å²) in [5.74, 6) is -0.117. The molecule has 0 bridgehead atoms. The molecule has 3 aromatic rings. The van der Waals surface area contributed by atoms with Crippen LogP contribution < -0.4 is 5.32 Å². The van der Waals surface area contributed by atoms with E-state index in [0.717, 1.165) is 16.6 Å². The minimum atomic E-state index is -0.117. The van der Waals surface area contributed by atoms with Crippen molar-refractivity contribution >= 4 is 16.8 Å². The van der Waals surface area contributed by atoms with Gasteiger partial charge in [0.25, 0.3) is 5.91 Å². The van der Waals surface area contributed by atoms with Crippen LogP contribution in [-0.2, 0) is 6.54 Å². The van der Waals surface area contributed by atoms with Crippen molar-refractivity contribution in [3.05, 3.63) is 60.3 Å². The van der Waals surface area contributed by atoms with Gasteiger partial charge in [-0.2, -0.15) is 0 Å². The Morgan fingerprint density at radius 1 is 1.26 bits per heavy atom. The summed E-state index contributed by atoms with van der Waals surface area (Å²) >= 11 is 0. The van der Waals surface area contributed by atoms with Gasteiger partial charge in [-0.15, -0.1) is 0 Å². The zero-order valence-corrected chi connectivity index (χ0v) is 10.1. The van der Waals surface area contributed by atoms with Crippen molar-refractivity contribution in [2.75, 3.05) is 0 Å². The highest BCUT2D eigenvalue weighted by Gasteiger charge is 2.09. The van der Waals surface area contributed by atoms with E-state index in [1.54, 1.807) is 24.8 Å². The first-order valence-corrected chi connectivity index (χ1v) is 5.94. The number of nitrogens with one attached hydrogen (secondary N) is 2. The van der Waals surface area contributed by atoms with Gasteiger partial charge in [0, 0.05) is 17.8 Å². The van der Waals surface area contributed by atoms with Crippen LogP contribution in [0.5, 0.6) is 0 Å². The number of pyridine rings is 1. The standard InChI is InChI=1S/C14H12N4O/c19-14(17-8-10-7-15-9-18-10)12-5-6-16-13-4-2-1-3-11(12)13/h1-7,9H,8H2,(H,15,18)(H,17,19). The number of imidazole rings is 1. The van der Waals surface area contributed by atoms with Crippen LogP contribution in [0.3, 0.4) is 0 Å². The van der Waals surface area contributed by atoms with Gasteiger partial charge in [-0.3, -0.25) is 9.78 Å². The van der Waals surface area contributed by atoms with E-state index in [4.69, 9.17) is 0 Å². The molecule has 0 saturated heterocycles. The fraction of sp³-hybridized carbons (Fsp3) is 0.0714. The van der Waals surface area contributed by atoms with Gasteiger partial charge in [0.05, 0.1) is 29.6 Å². The van der Waals surface area contributed by atoms with Crippen LogP contribution in [0, 0.1) is 0 Å². The fourth-order valence-corrected chi connectivity index (χ4v) is 1.95. The van der Waals surface area contributed by atoms with Gasteiger partial charge in [-0.25, -0.2) is 4.98 Å². The highest BCUT2D eigenvalue weighted by atomic mass is 16.1. The van der Waals surface area contributed by atoms with Gasteiger partial charge in [0.15, 0.2) is 0 Å². The predicted octanol–water partition coefficient (Wildman–Crippen LogP) is 1.89. The van der Waals surface area contributed by atoms with Crippen LogP contribution in [0.4, 0.5) is 0 Å². The molecule has 94 valence electrons. The Morgan fingerprint density at radius 2 is 2.16 bits per heavy atom. The summed E-state index contributed by atoms with van der Waals surface area (Å²) in [5.41, 5.74) is 2.31. The van der Waals surface area contributed by atoms with Crippen LogP contribution in [0.1, 0.15) is 16.1 Å². The second-order valence-corrected chi connectivity index (χ2v) is 4.14. The molecule has 2 aromatic heterocycles. The van der Waals surface area contributed by atoms with Gasteiger partial charge in [-0.1, -0.05) is 18.2 Å². The third kappa shape index (κ3) is 2.30. The lowest BCUT2D eigenvalue weighted by atomic mass is 10.1. The first kappa shape index (κ1) is 11.4. The first-order chi connectivity index (χ1) is 9.34. The average molecular weight is 252 g/mol. The molecular weight excluding hydrogens is 240 g/mol. The minimum Gasteiger partial charge on any atom is -0.347 e. The van der Waals surface area contributed by atoms with Crippen molar-refractivity contribution in [3.63, 3.8) is 0 Å². The van der Waals surface area contributed by atoms with Crippen molar-refractivity contribution in [2.24, 2.45) is 0 Å². The smallest absolute Gasteiger partial charge is 0.252 e. The molecule has 0 aliphatic carbocycles.